The van der Waals surface area contributed by atoms with E-state index >= 15 is 0 Å². The predicted octanol–water partition coefficient (Wildman–Crippen LogP) is 5.39. The zero-order valence-corrected chi connectivity index (χ0v) is 18.9. The van der Waals surface area contributed by atoms with Gasteiger partial charge in [-0.25, -0.2) is 4.98 Å². The average molecular weight is 439 g/mol. The molecule has 0 saturated heterocycles. The van der Waals surface area contributed by atoms with Gasteiger partial charge >= 0.3 is 0 Å². The number of benzene rings is 1. The van der Waals surface area contributed by atoms with Crippen LogP contribution in [0.1, 0.15) is 53.8 Å². The van der Waals surface area contributed by atoms with Crippen LogP contribution in [0.4, 0.5) is 0 Å². The van der Waals surface area contributed by atoms with Gasteiger partial charge in [-0.2, -0.15) is 4.98 Å². The Kier molecular flexibility index (Phi) is 4.78. The SMILES string of the molecule is Cc1ccc(-c2csc3nc(SC(C)c4nc(C5CC5)no4)n(C)c(=O)c23)cc1C. The second-order valence-corrected chi connectivity index (χ2v) is 10.1. The fourth-order valence-corrected chi connectivity index (χ4v) is 5.30. The topological polar surface area (TPSA) is 73.8 Å². The van der Waals surface area contributed by atoms with Crippen LogP contribution in [0.15, 0.2) is 38.1 Å². The number of hydrogen-bond acceptors (Lipinski definition) is 7. The van der Waals surface area contributed by atoms with E-state index in [-0.39, 0.29) is 10.8 Å². The smallest absolute Gasteiger partial charge is 0.263 e. The Hall–Kier alpha value is -2.45. The number of fused-ring (bicyclic) bond motifs is 1. The summed E-state index contributed by atoms with van der Waals surface area (Å²) in [6, 6.07) is 6.30. The molecule has 0 radical (unpaired) electrons. The van der Waals surface area contributed by atoms with E-state index in [0.717, 1.165) is 34.6 Å². The molecule has 1 aliphatic carbocycles. The first kappa shape index (κ1) is 19.5. The summed E-state index contributed by atoms with van der Waals surface area (Å²) < 4.78 is 7.07. The highest BCUT2D eigenvalue weighted by atomic mass is 32.2. The third kappa shape index (κ3) is 3.37. The standard InChI is InChI=1S/C22H22N4O2S2/c1-11-5-6-15(9-12(11)2)16-10-29-20-17(16)21(27)26(4)22(24-20)30-13(3)19-23-18(25-28-19)14-7-8-14/h5-6,9-10,13-14H,7-8H2,1-4H3. The Bertz CT molecular complexity index is 1320. The summed E-state index contributed by atoms with van der Waals surface area (Å²) in [4.78, 5) is 23.3. The van der Waals surface area contributed by atoms with Crippen LogP contribution in [-0.2, 0) is 7.05 Å². The molecule has 0 bridgehead atoms. The first-order valence-electron chi connectivity index (χ1n) is 9.98. The van der Waals surface area contributed by atoms with Crippen LogP contribution in [0.2, 0.25) is 0 Å². The van der Waals surface area contributed by atoms with Crippen molar-refractivity contribution in [2.75, 3.05) is 0 Å². The molecule has 1 unspecified atom stereocenters. The van der Waals surface area contributed by atoms with Gasteiger partial charge in [-0.15, -0.1) is 11.3 Å². The molecule has 4 aromatic rings. The number of aromatic nitrogens is 4. The summed E-state index contributed by atoms with van der Waals surface area (Å²) in [5.74, 6) is 1.83. The molecule has 30 heavy (non-hydrogen) atoms. The number of nitrogens with zero attached hydrogens (tertiary/aromatic N) is 4. The van der Waals surface area contributed by atoms with Gasteiger partial charge < -0.3 is 4.52 Å². The number of hydrogen-bond donors (Lipinski definition) is 0. The molecule has 3 aromatic heterocycles. The number of rotatable bonds is 5. The van der Waals surface area contributed by atoms with E-state index in [1.807, 2.05) is 12.3 Å². The summed E-state index contributed by atoms with van der Waals surface area (Å²) in [7, 11) is 1.77. The molecular formula is C22H22N4O2S2. The molecule has 1 saturated carbocycles. The fraction of sp³-hybridized carbons (Fsp3) is 0.364. The summed E-state index contributed by atoms with van der Waals surface area (Å²) >= 11 is 2.98. The highest BCUT2D eigenvalue weighted by Gasteiger charge is 2.30. The first-order chi connectivity index (χ1) is 14.4. The third-order valence-corrected chi connectivity index (χ3v) is 7.63. The van der Waals surface area contributed by atoms with Gasteiger partial charge in [0.15, 0.2) is 11.0 Å². The molecule has 8 heteroatoms. The van der Waals surface area contributed by atoms with Crippen molar-refractivity contribution in [2.45, 2.75) is 49.9 Å². The lowest BCUT2D eigenvalue weighted by Gasteiger charge is -2.10. The minimum Gasteiger partial charge on any atom is -0.338 e. The monoisotopic (exact) mass is 438 g/mol. The lowest BCUT2D eigenvalue weighted by molar-refractivity contribution is 0.374. The molecule has 1 fully saturated rings. The Morgan fingerprint density at radius 1 is 1.23 bits per heavy atom. The molecule has 3 heterocycles. The second kappa shape index (κ2) is 7.35. The maximum atomic E-state index is 13.2. The van der Waals surface area contributed by atoms with Gasteiger partial charge in [-0.3, -0.25) is 9.36 Å². The number of thioether (sulfide) groups is 1. The van der Waals surface area contributed by atoms with Crippen molar-refractivity contribution in [3.8, 4) is 11.1 Å². The summed E-state index contributed by atoms with van der Waals surface area (Å²) in [6.45, 7) is 6.18. The van der Waals surface area contributed by atoms with Gasteiger partial charge in [0.1, 0.15) is 4.83 Å². The molecular weight excluding hydrogens is 416 g/mol. The van der Waals surface area contributed by atoms with E-state index in [9.17, 15) is 4.79 Å². The lowest BCUT2D eigenvalue weighted by Crippen LogP contribution is -2.20. The zero-order valence-electron chi connectivity index (χ0n) is 17.3. The van der Waals surface area contributed by atoms with E-state index in [1.54, 1.807) is 11.6 Å². The molecule has 6 nitrogen and oxygen atoms in total. The van der Waals surface area contributed by atoms with Gasteiger partial charge in [0.05, 0.1) is 10.6 Å². The maximum Gasteiger partial charge on any atom is 0.263 e. The van der Waals surface area contributed by atoms with Crippen molar-refractivity contribution in [2.24, 2.45) is 7.05 Å². The highest BCUT2D eigenvalue weighted by Crippen LogP contribution is 2.40. The Morgan fingerprint density at radius 2 is 2.03 bits per heavy atom. The van der Waals surface area contributed by atoms with Crippen LogP contribution < -0.4 is 5.56 Å². The van der Waals surface area contributed by atoms with Gasteiger partial charge in [0.25, 0.3) is 5.56 Å². The minimum atomic E-state index is -0.0836. The Morgan fingerprint density at radius 3 is 2.77 bits per heavy atom. The van der Waals surface area contributed by atoms with Crippen LogP contribution in [0, 0.1) is 13.8 Å². The predicted molar refractivity (Wildman–Crippen MR) is 120 cm³/mol. The molecule has 0 amide bonds. The summed E-state index contributed by atoms with van der Waals surface area (Å²) in [5.41, 5.74) is 4.41. The normalized spacial score (nSPS) is 15.1. The van der Waals surface area contributed by atoms with Crippen molar-refractivity contribution >= 4 is 33.3 Å². The molecule has 1 atom stereocenters. The molecule has 0 N–H and O–H groups in total. The zero-order chi connectivity index (χ0) is 21.0. The summed E-state index contributed by atoms with van der Waals surface area (Å²) in [5, 5.41) is 7.37. The van der Waals surface area contributed by atoms with Gasteiger partial charge in [-0.05, 0) is 50.3 Å². The quantitative estimate of drug-likeness (QED) is 0.307. The third-order valence-electron chi connectivity index (χ3n) is 5.62. The molecule has 0 aliphatic heterocycles. The van der Waals surface area contributed by atoms with Crippen LogP contribution in [0.3, 0.4) is 0 Å². The fourth-order valence-electron chi connectivity index (χ4n) is 3.41. The first-order valence-corrected chi connectivity index (χ1v) is 11.7. The van der Waals surface area contributed by atoms with Crippen LogP contribution >= 0.6 is 23.1 Å². The highest BCUT2D eigenvalue weighted by molar-refractivity contribution is 7.99. The van der Waals surface area contributed by atoms with E-state index in [2.05, 4.69) is 42.2 Å². The van der Waals surface area contributed by atoms with E-state index in [0.29, 0.717) is 22.4 Å². The average Bonchev–Trinajstić information content (AvgIpc) is 3.30. The molecule has 0 spiro atoms. The Labute approximate surface area is 182 Å². The van der Waals surface area contributed by atoms with Crippen molar-refractivity contribution in [1.82, 2.24) is 19.7 Å². The number of aryl methyl sites for hydroxylation is 2. The van der Waals surface area contributed by atoms with Crippen LogP contribution in [0.25, 0.3) is 21.3 Å². The number of thiophene rings is 1. The molecule has 1 aromatic carbocycles. The van der Waals surface area contributed by atoms with E-state index < -0.39 is 0 Å². The second-order valence-electron chi connectivity index (χ2n) is 7.91. The van der Waals surface area contributed by atoms with Crippen LogP contribution in [0.5, 0.6) is 0 Å². The van der Waals surface area contributed by atoms with Crippen molar-refractivity contribution in [3.05, 3.63) is 56.8 Å². The van der Waals surface area contributed by atoms with Crippen LogP contribution in [-0.4, -0.2) is 19.7 Å². The van der Waals surface area contributed by atoms with Crippen molar-refractivity contribution < 1.29 is 4.52 Å². The van der Waals surface area contributed by atoms with Gasteiger partial charge in [-0.1, -0.05) is 35.1 Å². The molecule has 1 aliphatic rings. The van der Waals surface area contributed by atoms with Gasteiger partial charge in [0, 0.05) is 23.9 Å². The van der Waals surface area contributed by atoms with E-state index in [4.69, 9.17) is 9.51 Å². The van der Waals surface area contributed by atoms with E-state index in [1.165, 1.54) is 34.2 Å². The lowest BCUT2D eigenvalue weighted by atomic mass is 10.0. The summed E-state index contributed by atoms with van der Waals surface area (Å²) in [6.07, 6.45) is 2.27. The molecule has 5 rings (SSSR count). The van der Waals surface area contributed by atoms with Gasteiger partial charge in [0.2, 0.25) is 5.89 Å². The largest absolute Gasteiger partial charge is 0.338 e. The van der Waals surface area contributed by atoms with Crippen molar-refractivity contribution in [3.63, 3.8) is 0 Å². The Balaban J connectivity index is 1.50. The minimum absolute atomic E-state index is 0.0339. The molecule has 154 valence electrons. The maximum absolute atomic E-state index is 13.2. The van der Waals surface area contributed by atoms with Crippen molar-refractivity contribution in [1.29, 1.82) is 0 Å².